The van der Waals surface area contributed by atoms with Crippen LogP contribution in [0.15, 0.2) is 67.6 Å². The van der Waals surface area contributed by atoms with Crippen LogP contribution in [0.25, 0.3) is 16.9 Å². The normalized spacial score (nSPS) is 13.3. The summed E-state index contributed by atoms with van der Waals surface area (Å²) in [5.41, 5.74) is 5.81. The molecular weight excluding hydrogens is 416 g/mol. The van der Waals surface area contributed by atoms with Crippen molar-refractivity contribution in [1.29, 1.82) is 0 Å². The number of hydrogen-bond donors (Lipinski definition) is 2. The van der Waals surface area contributed by atoms with Gasteiger partial charge >= 0.3 is 0 Å². The van der Waals surface area contributed by atoms with Crippen LogP contribution in [0.3, 0.4) is 0 Å². The molecule has 0 unspecified atom stereocenters. The zero-order valence-electron chi connectivity index (χ0n) is 17.9. The van der Waals surface area contributed by atoms with E-state index < -0.39 is 0 Å². The van der Waals surface area contributed by atoms with E-state index in [0.717, 1.165) is 29.7 Å². The molecule has 0 fully saturated rings. The van der Waals surface area contributed by atoms with Gasteiger partial charge in [-0.05, 0) is 54.3 Å². The van der Waals surface area contributed by atoms with Crippen LogP contribution in [-0.4, -0.2) is 31.3 Å². The fourth-order valence-corrected chi connectivity index (χ4v) is 4.03. The van der Waals surface area contributed by atoms with Crippen molar-refractivity contribution in [2.45, 2.75) is 25.7 Å². The van der Waals surface area contributed by atoms with E-state index in [1.807, 2.05) is 30.3 Å². The fourth-order valence-electron chi connectivity index (χ4n) is 4.03. The highest BCUT2D eigenvalue weighted by atomic mass is 16.1. The maximum Gasteiger partial charge on any atom is 0.247 e. The summed E-state index contributed by atoms with van der Waals surface area (Å²) in [6.45, 7) is 3.48. The molecular formula is C25H22N6O2. The van der Waals surface area contributed by atoms with Crippen LogP contribution in [0.5, 0.6) is 0 Å². The molecule has 8 nitrogen and oxygen atoms in total. The molecule has 1 aliphatic rings. The summed E-state index contributed by atoms with van der Waals surface area (Å²) in [4.78, 5) is 32.9. The molecule has 2 heterocycles. The van der Waals surface area contributed by atoms with Gasteiger partial charge in [0.2, 0.25) is 5.91 Å². The topological polar surface area (TPSA) is 101 Å². The van der Waals surface area contributed by atoms with Crippen molar-refractivity contribution in [3.05, 3.63) is 78.8 Å². The molecule has 2 aromatic carbocycles. The zero-order valence-corrected chi connectivity index (χ0v) is 17.9. The number of rotatable bonds is 5. The highest BCUT2D eigenvalue weighted by molar-refractivity contribution is 5.99. The van der Waals surface area contributed by atoms with E-state index in [2.05, 4.69) is 33.4 Å². The Balaban J connectivity index is 1.51. The smallest absolute Gasteiger partial charge is 0.247 e. The number of ketones is 1. The predicted molar refractivity (Wildman–Crippen MR) is 126 cm³/mol. The summed E-state index contributed by atoms with van der Waals surface area (Å²) in [7, 11) is 0. The van der Waals surface area contributed by atoms with Crippen LogP contribution < -0.4 is 10.6 Å². The third-order valence-electron chi connectivity index (χ3n) is 5.63. The lowest BCUT2D eigenvalue weighted by atomic mass is 10.0. The monoisotopic (exact) mass is 438 g/mol. The number of fused-ring (bicyclic) bond motifs is 2. The van der Waals surface area contributed by atoms with Crippen LogP contribution in [-0.2, 0) is 22.4 Å². The number of amides is 1. The molecule has 0 spiro atoms. The van der Waals surface area contributed by atoms with Gasteiger partial charge in [-0.25, -0.2) is 14.5 Å². The number of nitrogens with one attached hydrogen (secondary N) is 2. The van der Waals surface area contributed by atoms with Crippen LogP contribution in [0.2, 0.25) is 0 Å². The van der Waals surface area contributed by atoms with E-state index in [-0.39, 0.29) is 11.7 Å². The van der Waals surface area contributed by atoms with Crippen LogP contribution in [0.1, 0.15) is 24.0 Å². The summed E-state index contributed by atoms with van der Waals surface area (Å²) in [6.07, 6.45) is 7.40. The summed E-state index contributed by atoms with van der Waals surface area (Å²) in [5.74, 6) is 0.538. The van der Waals surface area contributed by atoms with Gasteiger partial charge in [-0.1, -0.05) is 24.8 Å². The number of aryl methyl sites for hydroxylation is 1. The Morgan fingerprint density at radius 3 is 2.88 bits per heavy atom. The van der Waals surface area contributed by atoms with E-state index in [1.165, 1.54) is 18.0 Å². The number of carbonyl (C=O) groups is 2. The zero-order chi connectivity index (χ0) is 22.8. The minimum Gasteiger partial charge on any atom is -0.337 e. The van der Waals surface area contributed by atoms with Crippen molar-refractivity contribution in [3.8, 4) is 11.3 Å². The van der Waals surface area contributed by atoms with Crippen molar-refractivity contribution in [3.63, 3.8) is 0 Å². The molecule has 0 saturated carbocycles. The number of hydrogen-bond acceptors (Lipinski definition) is 6. The lowest BCUT2D eigenvalue weighted by Gasteiger charge is -2.12. The number of carbonyl (C=O) groups excluding carboxylic acids is 2. The van der Waals surface area contributed by atoms with Crippen molar-refractivity contribution in [2.75, 3.05) is 10.6 Å². The number of aromatic nitrogens is 4. The van der Waals surface area contributed by atoms with Gasteiger partial charge in [-0.3, -0.25) is 9.59 Å². The molecule has 164 valence electrons. The molecule has 2 N–H and O–H groups in total. The van der Waals surface area contributed by atoms with Gasteiger partial charge in [0.05, 0.1) is 11.9 Å². The van der Waals surface area contributed by atoms with Crippen molar-refractivity contribution < 1.29 is 9.59 Å². The first kappa shape index (κ1) is 20.6. The van der Waals surface area contributed by atoms with E-state index in [4.69, 9.17) is 4.98 Å². The molecule has 0 atom stereocenters. The highest BCUT2D eigenvalue weighted by Gasteiger charge is 2.16. The van der Waals surface area contributed by atoms with Crippen molar-refractivity contribution in [2.24, 2.45) is 0 Å². The quantitative estimate of drug-likeness (QED) is 0.359. The van der Waals surface area contributed by atoms with Gasteiger partial charge in [0, 0.05) is 29.8 Å². The number of benzene rings is 2. The molecule has 1 aliphatic carbocycles. The number of Topliss-reactive ketones (excluding diaryl/α,β-unsaturated/α-hetero) is 1. The molecule has 2 aromatic heterocycles. The van der Waals surface area contributed by atoms with Gasteiger partial charge < -0.3 is 10.6 Å². The predicted octanol–water partition coefficient (Wildman–Crippen LogP) is 4.11. The number of nitrogens with zero attached hydrogens (tertiary/aromatic N) is 4. The van der Waals surface area contributed by atoms with Gasteiger partial charge in [0.1, 0.15) is 12.1 Å². The van der Waals surface area contributed by atoms with E-state index in [0.29, 0.717) is 35.7 Å². The second-order valence-corrected chi connectivity index (χ2v) is 7.95. The molecule has 33 heavy (non-hydrogen) atoms. The Hall–Kier alpha value is -4.33. The molecule has 5 rings (SSSR count). The molecule has 0 aliphatic heterocycles. The Morgan fingerprint density at radius 2 is 2.00 bits per heavy atom. The van der Waals surface area contributed by atoms with Crippen LogP contribution >= 0.6 is 0 Å². The Labute approximate surface area is 190 Å². The van der Waals surface area contributed by atoms with E-state index >= 15 is 0 Å². The van der Waals surface area contributed by atoms with Gasteiger partial charge in [-0.15, -0.1) is 0 Å². The molecule has 4 aromatic rings. The maximum absolute atomic E-state index is 12.1. The van der Waals surface area contributed by atoms with Crippen LogP contribution in [0, 0.1) is 0 Å². The minimum absolute atomic E-state index is 0.272. The van der Waals surface area contributed by atoms with E-state index in [9.17, 15) is 9.59 Å². The third kappa shape index (κ3) is 4.36. The Morgan fingerprint density at radius 1 is 1.09 bits per heavy atom. The molecule has 0 radical (unpaired) electrons. The standard InChI is InChI=1S/C25H22N6O2/c1-2-23(33)28-19-7-3-6-17(11-19)22-14-31-25(26-15-27-31)24(30-22)29-20-10-9-16-5-4-8-21(32)13-18(16)12-20/h2-3,6-7,9-12,14-15H,1,4-5,8,13H2,(H,28,33)(H,29,30). The minimum atomic E-state index is -0.282. The molecule has 0 bridgehead atoms. The third-order valence-corrected chi connectivity index (χ3v) is 5.63. The Kier molecular flexibility index (Phi) is 5.40. The lowest BCUT2D eigenvalue weighted by Crippen LogP contribution is -2.07. The SMILES string of the molecule is C=CC(=O)Nc1cccc(-c2cn3ncnc3c(Nc3ccc4c(c3)CC(=O)CCC4)n2)c1. The summed E-state index contributed by atoms with van der Waals surface area (Å²) < 4.78 is 1.66. The summed E-state index contributed by atoms with van der Waals surface area (Å²) in [6, 6.07) is 13.5. The Bertz CT molecular complexity index is 1390. The van der Waals surface area contributed by atoms with Crippen LogP contribution in [0.4, 0.5) is 17.2 Å². The first-order chi connectivity index (χ1) is 16.1. The molecule has 8 heteroatoms. The second kappa shape index (κ2) is 8.66. The maximum atomic E-state index is 12.1. The van der Waals surface area contributed by atoms with E-state index in [1.54, 1.807) is 16.8 Å². The summed E-state index contributed by atoms with van der Waals surface area (Å²) >= 11 is 0. The molecule has 0 saturated heterocycles. The van der Waals surface area contributed by atoms with Crippen molar-refractivity contribution in [1.82, 2.24) is 19.6 Å². The average molecular weight is 438 g/mol. The highest BCUT2D eigenvalue weighted by Crippen LogP contribution is 2.28. The van der Waals surface area contributed by atoms with Gasteiger partial charge in [-0.2, -0.15) is 5.10 Å². The second-order valence-electron chi connectivity index (χ2n) is 7.95. The largest absolute Gasteiger partial charge is 0.337 e. The summed E-state index contributed by atoms with van der Waals surface area (Å²) in [5, 5.41) is 10.4. The average Bonchev–Trinajstić information content (AvgIpc) is 3.21. The van der Waals surface area contributed by atoms with Crippen molar-refractivity contribution >= 4 is 34.5 Å². The molecule has 1 amide bonds. The first-order valence-corrected chi connectivity index (χ1v) is 10.7. The van der Waals surface area contributed by atoms with Gasteiger partial charge in [0.15, 0.2) is 11.5 Å². The number of anilines is 3. The van der Waals surface area contributed by atoms with Gasteiger partial charge in [0.25, 0.3) is 0 Å². The lowest BCUT2D eigenvalue weighted by molar-refractivity contribution is -0.118. The fraction of sp³-hybridized carbons (Fsp3) is 0.160. The first-order valence-electron chi connectivity index (χ1n) is 10.7.